The van der Waals surface area contributed by atoms with Gasteiger partial charge in [-0.2, -0.15) is 4.98 Å². The summed E-state index contributed by atoms with van der Waals surface area (Å²) in [6.45, 7) is 4.63. The highest BCUT2D eigenvalue weighted by molar-refractivity contribution is 5.87. The van der Waals surface area contributed by atoms with Crippen LogP contribution in [0.3, 0.4) is 0 Å². The van der Waals surface area contributed by atoms with E-state index in [0.29, 0.717) is 29.8 Å². The second-order valence-electron chi connectivity index (χ2n) is 7.82. The van der Waals surface area contributed by atoms with E-state index in [-0.39, 0.29) is 6.03 Å². The first-order valence-corrected chi connectivity index (χ1v) is 11.0. The highest BCUT2D eigenvalue weighted by Crippen LogP contribution is 2.38. The van der Waals surface area contributed by atoms with E-state index in [9.17, 15) is 4.79 Å². The number of rotatable bonds is 8. The van der Waals surface area contributed by atoms with Gasteiger partial charge in [0.05, 0.1) is 25.8 Å². The Hall–Kier alpha value is -3.81. The SMILES string of the molecule is CCCCN1C(=O)NC(c2cccc(OC)c2)C(c2nc(-c3cccc(OC)c3)no2)=C1C. The van der Waals surface area contributed by atoms with Crippen LogP contribution < -0.4 is 14.8 Å². The molecule has 3 aromatic rings. The Labute approximate surface area is 193 Å². The number of ether oxygens (including phenoxy) is 2. The minimum atomic E-state index is -0.455. The standard InChI is InChI=1S/C25H28N4O4/c1-5-6-13-29-16(2)21(22(26-25(29)30)17-9-7-11-19(14-17)31-3)24-27-23(28-33-24)18-10-8-12-20(15-18)32-4/h7-12,14-15,22H,5-6,13H2,1-4H3,(H,26,30). The number of carbonyl (C=O) groups excluding carboxylic acids is 1. The summed E-state index contributed by atoms with van der Waals surface area (Å²) in [7, 11) is 3.23. The third-order valence-electron chi connectivity index (χ3n) is 5.74. The van der Waals surface area contributed by atoms with Gasteiger partial charge in [0.25, 0.3) is 5.89 Å². The molecule has 1 atom stereocenters. The molecule has 1 aromatic heterocycles. The molecule has 0 aliphatic carbocycles. The normalized spacial score (nSPS) is 16.1. The van der Waals surface area contributed by atoms with Crippen LogP contribution in [0.1, 0.15) is 44.2 Å². The Morgan fingerprint density at radius 2 is 1.82 bits per heavy atom. The first-order valence-electron chi connectivity index (χ1n) is 11.0. The fraction of sp³-hybridized carbons (Fsp3) is 0.320. The molecule has 0 fully saturated rings. The van der Waals surface area contributed by atoms with Gasteiger partial charge in [0, 0.05) is 17.8 Å². The van der Waals surface area contributed by atoms with Crippen molar-refractivity contribution in [3.05, 3.63) is 65.7 Å². The van der Waals surface area contributed by atoms with Crippen LogP contribution >= 0.6 is 0 Å². The van der Waals surface area contributed by atoms with Gasteiger partial charge in [0.2, 0.25) is 5.82 Å². The summed E-state index contributed by atoms with van der Waals surface area (Å²) in [6, 6.07) is 14.5. The smallest absolute Gasteiger partial charge is 0.322 e. The van der Waals surface area contributed by atoms with Crippen molar-refractivity contribution in [2.24, 2.45) is 0 Å². The highest BCUT2D eigenvalue weighted by Gasteiger charge is 2.35. The average molecular weight is 449 g/mol. The van der Waals surface area contributed by atoms with E-state index in [1.54, 1.807) is 19.1 Å². The van der Waals surface area contributed by atoms with Crippen molar-refractivity contribution in [1.29, 1.82) is 0 Å². The molecule has 8 nitrogen and oxygen atoms in total. The van der Waals surface area contributed by atoms with Crippen LogP contribution in [0.2, 0.25) is 0 Å². The lowest BCUT2D eigenvalue weighted by Crippen LogP contribution is -2.46. The highest BCUT2D eigenvalue weighted by atomic mass is 16.5. The first kappa shape index (κ1) is 22.4. The number of nitrogens with zero attached hydrogens (tertiary/aromatic N) is 3. The molecule has 2 aromatic carbocycles. The van der Waals surface area contributed by atoms with Gasteiger partial charge in [-0.15, -0.1) is 0 Å². The molecule has 0 bridgehead atoms. The molecule has 1 aliphatic rings. The lowest BCUT2D eigenvalue weighted by atomic mass is 9.94. The van der Waals surface area contributed by atoms with E-state index in [1.165, 1.54) is 0 Å². The predicted octanol–water partition coefficient (Wildman–Crippen LogP) is 5.05. The van der Waals surface area contributed by atoms with Gasteiger partial charge in [0.1, 0.15) is 11.5 Å². The van der Waals surface area contributed by atoms with Gasteiger partial charge in [-0.25, -0.2) is 4.79 Å². The number of amides is 2. The van der Waals surface area contributed by atoms with E-state index < -0.39 is 6.04 Å². The predicted molar refractivity (Wildman–Crippen MR) is 125 cm³/mol. The topological polar surface area (TPSA) is 89.7 Å². The van der Waals surface area contributed by atoms with Crippen LogP contribution in [0.5, 0.6) is 11.5 Å². The molecule has 0 spiro atoms. The molecule has 172 valence electrons. The molecule has 1 N–H and O–H groups in total. The van der Waals surface area contributed by atoms with Gasteiger partial charge >= 0.3 is 6.03 Å². The first-order chi connectivity index (χ1) is 16.0. The van der Waals surface area contributed by atoms with Crippen LogP contribution in [0.25, 0.3) is 17.0 Å². The minimum absolute atomic E-state index is 0.148. The molecule has 2 amide bonds. The fourth-order valence-electron chi connectivity index (χ4n) is 3.93. The molecule has 1 aliphatic heterocycles. The number of urea groups is 1. The fourth-order valence-corrected chi connectivity index (χ4v) is 3.93. The van der Waals surface area contributed by atoms with Gasteiger partial charge in [-0.3, -0.25) is 4.90 Å². The summed E-state index contributed by atoms with van der Waals surface area (Å²) < 4.78 is 16.4. The van der Waals surface area contributed by atoms with Crippen molar-refractivity contribution in [2.75, 3.05) is 20.8 Å². The Balaban J connectivity index is 1.80. The Morgan fingerprint density at radius 3 is 2.55 bits per heavy atom. The van der Waals surface area contributed by atoms with Crippen LogP contribution in [0.15, 0.2) is 58.8 Å². The number of aromatic nitrogens is 2. The van der Waals surface area contributed by atoms with Crippen molar-refractivity contribution in [3.63, 3.8) is 0 Å². The van der Waals surface area contributed by atoms with Crippen LogP contribution in [0, 0.1) is 0 Å². The van der Waals surface area contributed by atoms with Gasteiger partial charge in [-0.05, 0) is 43.2 Å². The second kappa shape index (κ2) is 9.77. The third kappa shape index (κ3) is 4.55. The minimum Gasteiger partial charge on any atom is -0.497 e. The monoisotopic (exact) mass is 448 g/mol. The zero-order valence-electron chi connectivity index (χ0n) is 19.3. The zero-order valence-corrected chi connectivity index (χ0v) is 19.3. The summed E-state index contributed by atoms with van der Waals surface area (Å²) in [4.78, 5) is 19.4. The molecular formula is C25H28N4O4. The summed E-state index contributed by atoms with van der Waals surface area (Å²) in [5.41, 5.74) is 3.21. The molecule has 8 heteroatoms. The second-order valence-corrected chi connectivity index (χ2v) is 7.82. The number of benzene rings is 2. The van der Waals surface area contributed by atoms with Gasteiger partial charge in [-0.1, -0.05) is 42.8 Å². The molecular weight excluding hydrogens is 420 g/mol. The summed E-state index contributed by atoms with van der Waals surface area (Å²) >= 11 is 0. The summed E-state index contributed by atoms with van der Waals surface area (Å²) in [6.07, 6.45) is 1.87. The molecule has 1 unspecified atom stereocenters. The summed E-state index contributed by atoms with van der Waals surface area (Å²) in [5.74, 6) is 2.22. The van der Waals surface area contributed by atoms with E-state index >= 15 is 0 Å². The van der Waals surface area contributed by atoms with Gasteiger partial charge < -0.3 is 19.3 Å². The maximum Gasteiger partial charge on any atom is 0.322 e. The number of methoxy groups -OCH3 is 2. The van der Waals surface area contributed by atoms with Crippen molar-refractivity contribution < 1.29 is 18.8 Å². The lowest BCUT2D eigenvalue weighted by molar-refractivity contribution is 0.204. The van der Waals surface area contributed by atoms with Crippen molar-refractivity contribution in [1.82, 2.24) is 20.4 Å². The Bertz CT molecular complexity index is 1170. The number of hydrogen-bond acceptors (Lipinski definition) is 6. The van der Waals surface area contributed by atoms with E-state index in [4.69, 9.17) is 14.0 Å². The van der Waals surface area contributed by atoms with E-state index in [2.05, 4.69) is 22.4 Å². The molecule has 0 saturated heterocycles. The Morgan fingerprint density at radius 1 is 1.09 bits per heavy atom. The third-order valence-corrected chi connectivity index (χ3v) is 5.74. The number of allylic oxidation sites excluding steroid dienone is 1. The van der Waals surface area contributed by atoms with Crippen LogP contribution in [-0.4, -0.2) is 41.8 Å². The lowest BCUT2D eigenvalue weighted by Gasteiger charge is -2.35. The molecule has 0 saturated carbocycles. The van der Waals surface area contributed by atoms with Crippen LogP contribution in [-0.2, 0) is 0 Å². The zero-order chi connectivity index (χ0) is 23.4. The quantitative estimate of drug-likeness (QED) is 0.519. The average Bonchev–Trinajstić information content (AvgIpc) is 3.33. The maximum absolute atomic E-state index is 13.0. The number of carbonyl (C=O) groups is 1. The van der Waals surface area contributed by atoms with Gasteiger partial charge in [0.15, 0.2) is 0 Å². The molecule has 2 heterocycles. The largest absolute Gasteiger partial charge is 0.497 e. The van der Waals surface area contributed by atoms with E-state index in [1.807, 2.05) is 55.5 Å². The molecule has 0 radical (unpaired) electrons. The number of unbranched alkanes of at least 4 members (excludes halogenated alkanes) is 1. The van der Waals surface area contributed by atoms with Crippen molar-refractivity contribution in [2.45, 2.75) is 32.7 Å². The number of hydrogen-bond donors (Lipinski definition) is 1. The molecule has 33 heavy (non-hydrogen) atoms. The number of nitrogens with one attached hydrogen (secondary N) is 1. The molecule has 4 rings (SSSR count). The summed E-state index contributed by atoms with van der Waals surface area (Å²) in [5, 5.41) is 7.32. The van der Waals surface area contributed by atoms with Crippen molar-refractivity contribution in [3.8, 4) is 22.9 Å². The van der Waals surface area contributed by atoms with Crippen molar-refractivity contribution >= 4 is 11.6 Å². The van der Waals surface area contributed by atoms with Crippen LogP contribution in [0.4, 0.5) is 4.79 Å². The Kier molecular flexibility index (Phi) is 6.63. The van der Waals surface area contributed by atoms with E-state index in [0.717, 1.165) is 35.2 Å². The maximum atomic E-state index is 13.0.